The van der Waals surface area contributed by atoms with Crippen LogP contribution in [0, 0.1) is 5.41 Å². The number of nitrogens with zero attached hydrogens (tertiary/aromatic N) is 2. The summed E-state index contributed by atoms with van der Waals surface area (Å²) in [4.78, 5) is 0. The fourth-order valence-electron chi connectivity index (χ4n) is 2.79. The normalized spacial score (nSPS) is 12.4. The van der Waals surface area contributed by atoms with Crippen molar-refractivity contribution in [1.29, 1.82) is 5.41 Å². The number of rotatable bonds is 5. The van der Waals surface area contributed by atoms with Crippen LogP contribution in [0.2, 0.25) is 0 Å². The van der Waals surface area contributed by atoms with E-state index < -0.39 is 6.10 Å². The SMILES string of the molecule is C=CCn1c(=N)n(C[C@H](O)c2cccc(Br)c2)c2ccccc21. The minimum atomic E-state index is -0.676. The standard InChI is InChI=1S/C18H18BrN3O/c1-2-10-21-15-8-3-4-9-16(15)22(18(21)20)12-17(23)13-6-5-7-14(19)11-13/h2-9,11,17,20,23H,1,10,12H2/t17-/m0/s1. The number of aliphatic hydroxyl groups excluding tert-OH is 1. The van der Waals surface area contributed by atoms with E-state index in [1.165, 1.54) is 0 Å². The highest BCUT2D eigenvalue weighted by atomic mass is 79.9. The molecule has 1 heterocycles. The lowest BCUT2D eigenvalue weighted by Crippen LogP contribution is -2.26. The third kappa shape index (κ3) is 3.02. The van der Waals surface area contributed by atoms with Gasteiger partial charge in [-0.1, -0.05) is 46.3 Å². The number of imidazole rings is 1. The highest BCUT2D eigenvalue weighted by Crippen LogP contribution is 2.21. The zero-order valence-corrected chi connectivity index (χ0v) is 14.2. The highest BCUT2D eigenvalue weighted by Gasteiger charge is 2.14. The first-order valence-electron chi connectivity index (χ1n) is 7.39. The van der Waals surface area contributed by atoms with Crippen LogP contribution in [-0.2, 0) is 13.1 Å². The van der Waals surface area contributed by atoms with Crippen LogP contribution >= 0.6 is 15.9 Å². The van der Waals surface area contributed by atoms with Gasteiger partial charge in [-0.05, 0) is 29.8 Å². The number of halogens is 1. The first-order valence-corrected chi connectivity index (χ1v) is 8.18. The molecule has 1 aromatic heterocycles. The van der Waals surface area contributed by atoms with E-state index in [1.54, 1.807) is 6.08 Å². The van der Waals surface area contributed by atoms with Gasteiger partial charge in [0.15, 0.2) is 0 Å². The Labute approximate surface area is 143 Å². The van der Waals surface area contributed by atoms with E-state index in [2.05, 4.69) is 22.5 Å². The molecule has 0 aliphatic rings. The molecule has 2 aromatic carbocycles. The highest BCUT2D eigenvalue weighted by molar-refractivity contribution is 9.10. The average molecular weight is 372 g/mol. The number of nitrogens with one attached hydrogen (secondary N) is 1. The molecule has 0 amide bonds. The van der Waals surface area contributed by atoms with Gasteiger partial charge in [-0.25, -0.2) is 0 Å². The molecule has 118 valence electrons. The lowest BCUT2D eigenvalue weighted by atomic mass is 10.1. The summed E-state index contributed by atoms with van der Waals surface area (Å²) < 4.78 is 4.65. The second kappa shape index (κ2) is 6.56. The Morgan fingerprint density at radius 3 is 2.48 bits per heavy atom. The summed E-state index contributed by atoms with van der Waals surface area (Å²) in [5, 5.41) is 19.0. The van der Waals surface area contributed by atoms with Gasteiger partial charge in [-0.3, -0.25) is 5.41 Å². The summed E-state index contributed by atoms with van der Waals surface area (Å²) in [6.45, 7) is 4.67. The number of fused-ring (bicyclic) bond motifs is 1. The van der Waals surface area contributed by atoms with Crippen molar-refractivity contribution in [1.82, 2.24) is 9.13 Å². The molecule has 0 spiro atoms. The summed E-state index contributed by atoms with van der Waals surface area (Å²) in [7, 11) is 0. The van der Waals surface area contributed by atoms with Gasteiger partial charge in [-0.15, -0.1) is 6.58 Å². The number of hydrogen-bond donors (Lipinski definition) is 2. The van der Waals surface area contributed by atoms with Crippen molar-refractivity contribution >= 4 is 27.0 Å². The van der Waals surface area contributed by atoms with E-state index in [4.69, 9.17) is 5.41 Å². The number of allylic oxidation sites excluding steroid dienone is 1. The monoisotopic (exact) mass is 371 g/mol. The number of aromatic nitrogens is 2. The van der Waals surface area contributed by atoms with Crippen LogP contribution in [0.25, 0.3) is 11.0 Å². The number of hydrogen-bond acceptors (Lipinski definition) is 2. The zero-order chi connectivity index (χ0) is 16.4. The molecule has 0 saturated heterocycles. The van der Waals surface area contributed by atoms with Gasteiger partial charge in [0.2, 0.25) is 5.62 Å². The van der Waals surface area contributed by atoms with E-state index in [-0.39, 0.29) is 0 Å². The molecule has 1 atom stereocenters. The summed E-state index contributed by atoms with van der Waals surface area (Å²) in [6.07, 6.45) is 1.10. The number of para-hydroxylation sites is 2. The van der Waals surface area contributed by atoms with Gasteiger partial charge in [0, 0.05) is 11.0 Å². The molecule has 0 saturated carbocycles. The fourth-order valence-corrected chi connectivity index (χ4v) is 3.20. The van der Waals surface area contributed by atoms with E-state index >= 15 is 0 Å². The second-order valence-corrected chi connectivity index (χ2v) is 6.31. The maximum Gasteiger partial charge on any atom is 0.203 e. The molecular formula is C18H18BrN3O. The minimum Gasteiger partial charge on any atom is -0.387 e. The van der Waals surface area contributed by atoms with Gasteiger partial charge in [-0.2, -0.15) is 0 Å². The molecule has 0 bridgehead atoms. The quantitative estimate of drug-likeness (QED) is 0.661. The van der Waals surface area contributed by atoms with Gasteiger partial charge >= 0.3 is 0 Å². The van der Waals surface area contributed by atoms with E-state index in [0.717, 1.165) is 21.1 Å². The predicted octanol–water partition coefficient (Wildman–Crippen LogP) is 3.60. The Morgan fingerprint density at radius 2 is 1.83 bits per heavy atom. The van der Waals surface area contributed by atoms with E-state index in [0.29, 0.717) is 18.7 Å². The molecule has 5 heteroatoms. The van der Waals surface area contributed by atoms with Crippen molar-refractivity contribution < 1.29 is 5.11 Å². The topological polar surface area (TPSA) is 53.9 Å². The van der Waals surface area contributed by atoms with Crippen molar-refractivity contribution in [3.8, 4) is 0 Å². The van der Waals surface area contributed by atoms with E-state index in [9.17, 15) is 5.11 Å². The van der Waals surface area contributed by atoms with Crippen molar-refractivity contribution in [3.05, 3.63) is 76.8 Å². The van der Waals surface area contributed by atoms with Crippen LogP contribution in [0.1, 0.15) is 11.7 Å². The Hall–Kier alpha value is -2.11. The predicted molar refractivity (Wildman–Crippen MR) is 95.1 cm³/mol. The molecule has 3 aromatic rings. The van der Waals surface area contributed by atoms with Gasteiger partial charge < -0.3 is 14.2 Å². The van der Waals surface area contributed by atoms with Crippen molar-refractivity contribution in [2.75, 3.05) is 0 Å². The molecule has 23 heavy (non-hydrogen) atoms. The molecule has 4 nitrogen and oxygen atoms in total. The van der Waals surface area contributed by atoms with Gasteiger partial charge in [0.1, 0.15) is 0 Å². The van der Waals surface area contributed by atoms with Crippen molar-refractivity contribution in [3.63, 3.8) is 0 Å². The van der Waals surface area contributed by atoms with E-state index in [1.807, 2.05) is 57.7 Å². The fraction of sp³-hybridized carbons (Fsp3) is 0.167. The summed E-state index contributed by atoms with van der Waals surface area (Å²) in [5.74, 6) is 0. The number of aliphatic hydroxyl groups is 1. The Kier molecular flexibility index (Phi) is 4.50. The molecule has 2 N–H and O–H groups in total. The molecular weight excluding hydrogens is 354 g/mol. The average Bonchev–Trinajstić information content (AvgIpc) is 2.81. The Balaban J connectivity index is 2.04. The molecule has 0 aliphatic carbocycles. The third-order valence-electron chi connectivity index (χ3n) is 3.88. The lowest BCUT2D eigenvalue weighted by molar-refractivity contribution is 0.155. The third-order valence-corrected chi connectivity index (χ3v) is 4.37. The molecule has 3 rings (SSSR count). The first kappa shape index (κ1) is 15.8. The van der Waals surface area contributed by atoms with Crippen LogP contribution < -0.4 is 5.62 Å². The molecule has 0 radical (unpaired) electrons. The minimum absolute atomic E-state index is 0.333. The van der Waals surface area contributed by atoms with Crippen LogP contribution in [0.5, 0.6) is 0 Å². The maximum atomic E-state index is 10.6. The largest absolute Gasteiger partial charge is 0.387 e. The van der Waals surface area contributed by atoms with Crippen LogP contribution in [0.4, 0.5) is 0 Å². The van der Waals surface area contributed by atoms with Crippen LogP contribution in [0.3, 0.4) is 0 Å². The molecule has 0 aliphatic heterocycles. The smallest absolute Gasteiger partial charge is 0.203 e. The summed E-state index contributed by atoms with van der Waals surface area (Å²) in [6, 6.07) is 15.5. The Morgan fingerprint density at radius 1 is 1.13 bits per heavy atom. The van der Waals surface area contributed by atoms with Crippen LogP contribution in [-0.4, -0.2) is 14.2 Å². The second-order valence-electron chi connectivity index (χ2n) is 5.39. The first-order chi connectivity index (χ1) is 11.1. The van der Waals surface area contributed by atoms with Gasteiger partial charge in [0.25, 0.3) is 0 Å². The summed E-state index contributed by atoms with van der Waals surface area (Å²) >= 11 is 3.42. The maximum absolute atomic E-state index is 10.6. The van der Waals surface area contributed by atoms with Crippen molar-refractivity contribution in [2.24, 2.45) is 0 Å². The Bertz CT molecular complexity index is 910. The number of benzene rings is 2. The van der Waals surface area contributed by atoms with Gasteiger partial charge in [0.05, 0.1) is 23.7 Å². The van der Waals surface area contributed by atoms with Crippen molar-refractivity contribution in [2.45, 2.75) is 19.2 Å². The molecule has 0 fully saturated rings. The van der Waals surface area contributed by atoms with Crippen LogP contribution in [0.15, 0.2) is 65.7 Å². The summed E-state index contributed by atoms with van der Waals surface area (Å²) in [5.41, 5.74) is 3.10. The lowest BCUT2D eigenvalue weighted by Gasteiger charge is -2.13. The zero-order valence-electron chi connectivity index (χ0n) is 12.6. The molecule has 0 unspecified atom stereocenters.